The molecule has 0 radical (unpaired) electrons. The van der Waals surface area contributed by atoms with Crippen LogP contribution >= 0.6 is 15.9 Å². The van der Waals surface area contributed by atoms with E-state index in [-0.39, 0.29) is 5.43 Å². The Hall–Kier alpha value is -1.61. The maximum absolute atomic E-state index is 12.6. The highest BCUT2D eigenvalue weighted by Crippen LogP contribution is 2.22. The van der Waals surface area contributed by atoms with Crippen LogP contribution in [0, 0.1) is 0 Å². The molecule has 0 saturated carbocycles. The average molecular weight is 330 g/mol. The Morgan fingerprint density at radius 2 is 1.80 bits per heavy atom. The molecule has 0 spiro atoms. The van der Waals surface area contributed by atoms with Crippen molar-refractivity contribution in [3.63, 3.8) is 0 Å². The Kier molecular flexibility index (Phi) is 3.62. The van der Waals surface area contributed by atoms with E-state index in [9.17, 15) is 4.79 Å². The van der Waals surface area contributed by atoms with Gasteiger partial charge in [0.25, 0.3) is 0 Å². The summed E-state index contributed by atoms with van der Waals surface area (Å²) < 4.78 is 3.21. The summed E-state index contributed by atoms with van der Waals surface area (Å²) in [5.41, 5.74) is 2.16. The van der Waals surface area contributed by atoms with Crippen LogP contribution in [-0.4, -0.2) is 4.57 Å². The molecule has 2 aromatic carbocycles. The first-order chi connectivity index (χ1) is 9.72. The lowest BCUT2D eigenvalue weighted by Gasteiger charge is -2.15. The molecule has 0 saturated heterocycles. The van der Waals surface area contributed by atoms with E-state index in [1.54, 1.807) is 0 Å². The Labute approximate surface area is 126 Å². The van der Waals surface area contributed by atoms with E-state index in [2.05, 4.69) is 27.4 Å². The molecule has 3 aromatic rings. The zero-order chi connectivity index (χ0) is 14.1. The largest absolute Gasteiger partial charge is 0.340 e. The highest BCUT2D eigenvalue weighted by Gasteiger charge is 2.10. The van der Waals surface area contributed by atoms with Gasteiger partial charge in [0.05, 0.1) is 11.0 Å². The maximum Gasteiger partial charge on any atom is 0.197 e. The summed E-state index contributed by atoms with van der Waals surface area (Å²) in [5.74, 6) is 0. The van der Waals surface area contributed by atoms with E-state index >= 15 is 0 Å². The van der Waals surface area contributed by atoms with Crippen molar-refractivity contribution >= 4 is 37.7 Å². The molecule has 0 atom stereocenters. The first-order valence-electron chi connectivity index (χ1n) is 6.93. The smallest absolute Gasteiger partial charge is 0.197 e. The number of halogens is 1. The van der Waals surface area contributed by atoms with E-state index in [1.807, 2.05) is 42.5 Å². The highest BCUT2D eigenvalue weighted by molar-refractivity contribution is 9.10. The molecular formula is C17H16BrNO. The Bertz CT molecular complexity index is 835. The van der Waals surface area contributed by atoms with Gasteiger partial charge >= 0.3 is 0 Å². The van der Waals surface area contributed by atoms with Crippen LogP contribution in [0.15, 0.2) is 51.7 Å². The number of benzene rings is 2. The van der Waals surface area contributed by atoms with E-state index in [0.717, 1.165) is 45.7 Å². The molecule has 1 heterocycles. The highest BCUT2D eigenvalue weighted by atomic mass is 79.9. The zero-order valence-corrected chi connectivity index (χ0v) is 13.0. The summed E-state index contributed by atoms with van der Waals surface area (Å²) in [6, 6.07) is 13.8. The van der Waals surface area contributed by atoms with Gasteiger partial charge in [0, 0.05) is 21.8 Å². The number of aryl methyl sites for hydroxylation is 1. The average Bonchev–Trinajstić information content (AvgIpc) is 2.48. The summed E-state index contributed by atoms with van der Waals surface area (Å²) in [6.07, 6.45) is 2.25. The monoisotopic (exact) mass is 329 g/mol. The number of nitrogens with zero attached hydrogens (tertiary/aromatic N) is 1. The summed E-state index contributed by atoms with van der Waals surface area (Å²) in [6.45, 7) is 3.12. The van der Waals surface area contributed by atoms with Crippen molar-refractivity contribution in [3.8, 4) is 0 Å². The van der Waals surface area contributed by atoms with E-state index in [0.29, 0.717) is 0 Å². The van der Waals surface area contributed by atoms with Crippen molar-refractivity contribution in [2.24, 2.45) is 0 Å². The zero-order valence-electron chi connectivity index (χ0n) is 11.4. The molecule has 0 amide bonds. The second kappa shape index (κ2) is 5.41. The molecule has 0 aliphatic rings. The first-order valence-corrected chi connectivity index (χ1v) is 7.72. The van der Waals surface area contributed by atoms with Crippen LogP contribution in [0.5, 0.6) is 0 Å². The predicted molar refractivity (Wildman–Crippen MR) is 88.3 cm³/mol. The lowest BCUT2D eigenvalue weighted by molar-refractivity contribution is 0.662. The Morgan fingerprint density at radius 1 is 1.05 bits per heavy atom. The van der Waals surface area contributed by atoms with Crippen LogP contribution in [0.2, 0.25) is 0 Å². The Balaban J connectivity index is 2.46. The molecular weight excluding hydrogens is 314 g/mol. The van der Waals surface area contributed by atoms with Gasteiger partial charge in [0.2, 0.25) is 0 Å². The number of hydrogen-bond acceptors (Lipinski definition) is 1. The molecule has 0 aliphatic heterocycles. The first kappa shape index (κ1) is 13.4. The minimum Gasteiger partial charge on any atom is -0.340 e. The van der Waals surface area contributed by atoms with Crippen molar-refractivity contribution in [1.82, 2.24) is 4.57 Å². The molecule has 102 valence electrons. The summed E-state index contributed by atoms with van der Waals surface area (Å²) >= 11 is 3.46. The van der Waals surface area contributed by atoms with Crippen molar-refractivity contribution in [2.75, 3.05) is 0 Å². The van der Waals surface area contributed by atoms with Crippen molar-refractivity contribution in [3.05, 3.63) is 57.2 Å². The van der Waals surface area contributed by atoms with Gasteiger partial charge in [-0.2, -0.15) is 0 Å². The van der Waals surface area contributed by atoms with Crippen molar-refractivity contribution in [2.45, 2.75) is 26.3 Å². The van der Waals surface area contributed by atoms with Crippen LogP contribution in [0.3, 0.4) is 0 Å². The van der Waals surface area contributed by atoms with Gasteiger partial charge in [-0.05, 0) is 36.8 Å². The summed E-state index contributed by atoms with van der Waals surface area (Å²) in [7, 11) is 0. The van der Waals surface area contributed by atoms with E-state index in [1.165, 1.54) is 0 Å². The van der Waals surface area contributed by atoms with Crippen LogP contribution in [-0.2, 0) is 6.54 Å². The Morgan fingerprint density at radius 3 is 2.60 bits per heavy atom. The lowest BCUT2D eigenvalue weighted by atomic mass is 10.1. The SMILES string of the molecule is CCCCn1c2ccccc2c(=O)c2cc(Br)ccc21. The van der Waals surface area contributed by atoms with Crippen molar-refractivity contribution < 1.29 is 0 Å². The van der Waals surface area contributed by atoms with Crippen molar-refractivity contribution in [1.29, 1.82) is 0 Å². The number of para-hydroxylation sites is 1. The van der Waals surface area contributed by atoms with Crippen LogP contribution in [0.4, 0.5) is 0 Å². The molecule has 0 fully saturated rings. The van der Waals surface area contributed by atoms with Gasteiger partial charge in [-0.15, -0.1) is 0 Å². The fraction of sp³-hybridized carbons (Fsp3) is 0.235. The topological polar surface area (TPSA) is 22.0 Å². The third-order valence-electron chi connectivity index (χ3n) is 3.67. The molecule has 20 heavy (non-hydrogen) atoms. The summed E-state index contributed by atoms with van der Waals surface area (Å²) in [4.78, 5) is 12.6. The molecule has 0 bridgehead atoms. The minimum absolute atomic E-state index is 0.115. The third-order valence-corrected chi connectivity index (χ3v) is 4.16. The maximum atomic E-state index is 12.6. The van der Waals surface area contributed by atoms with Crippen LogP contribution < -0.4 is 5.43 Å². The normalized spacial score (nSPS) is 11.3. The molecule has 0 N–H and O–H groups in total. The molecule has 3 heteroatoms. The fourth-order valence-corrected chi connectivity index (χ4v) is 3.02. The standard InChI is InChI=1S/C17H16BrNO/c1-2-3-10-19-15-7-5-4-6-13(15)17(20)14-11-12(18)8-9-16(14)19/h4-9,11H,2-3,10H2,1H3. The molecule has 1 aromatic heterocycles. The van der Waals surface area contributed by atoms with Crippen LogP contribution in [0.25, 0.3) is 21.8 Å². The molecule has 0 aliphatic carbocycles. The van der Waals surface area contributed by atoms with Gasteiger partial charge in [-0.25, -0.2) is 0 Å². The van der Waals surface area contributed by atoms with Gasteiger partial charge in [-0.1, -0.05) is 41.4 Å². The number of fused-ring (bicyclic) bond motifs is 2. The van der Waals surface area contributed by atoms with Gasteiger partial charge in [-0.3, -0.25) is 4.79 Å². The van der Waals surface area contributed by atoms with Gasteiger partial charge in [0.15, 0.2) is 5.43 Å². The van der Waals surface area contributed by atoms with E-state index in [4.69, 9.17) is 0 Å². The number of rotatable bonds is 3. The third kappa shape index (κ3) is 2.16. The molecule has 2 nitrogen and oxygen atoms in total. The van der Waals surface area contributed by atoms with Gasteiger partial charge < -0.3 is 4.57 Å². The molecule has 3 rings (SSSR count). The van der Waals surface area contributed by atoms with E-state index < -0.39 is 0 Å². The predicted octanol–water partition coefficient (Wildman–Crippen LogP) is 4.72. The fourth-order valence-electron chi connectivity index (χ4n) is 2.66. The second-order valence-corrected chi connectivity index (χ2v) is 5.93. The minimum atomic E-state index is 0.115. The number of hydrogen-bond donors (Lipinski definition) is 0. The molecule has 0 unspecified atom stereocenters. The summed E-state index contributed by atoms with van der Waals surface area (Å²) in [5, 5.41) is 1.59. The van der Waals surface area contributed by atoms with Crippen LogP contribution in [0.1, 0.15) is 19.8 Å². The number of unbranched alkanes of at least 4 members (excludes halogenated alkanes) is 1. The quantitative estimate of drug-likeness (QED) is 0.637. The number of pyridine rings is 1. The second-order valence-electron chi connectivity index (χ2n) is 5.01. The number of aromatic nitrogens is 1. The van der Waals surface area contributed by atoms with Gasteiger partial charge in [0.1, 0.15) is 0 Å². The lowest BCUT2D eigenvalue weighted by Crippen LogP contribution is -2.11.